The first-order valence-electron chi connectivity index (χ1n) is 7.66. The SMILES string of the molecule is CCOC(=O)[C@H](NS(=O)(=O)c1ccc(C)cc1)[C@@H]1CCO[C@@H]1C#N. The smallest absolute Gasteiger partial charge is 0.324 e. The maximum atomic E-state index is 12.6. The molecule has 24 heavy (non-hydrogen) atoms. The predicted molar refractivity (Wildman–Crippen MR) is 85.4 cm³/mol. The first-order chi connectivity index (χ1) is 11.4. The van der Waals surface area contributed by atoms with E-state index in [1.54, 1.807) is 19.1 Å². The lowest BCUT2D eigenvalue weighted by Crippen LogP contribution is -2.48. The van der Waals surface area contributed by atoms with Crippen LogP contribution in [0.2, 0.25) is 0 Å². The van der Waals surface area contributed by atoms with Crippen molar-refractivity contribution in [2.45, 2.75) is 37.3 Å². The van der Waals surface area contributed by atoms with E-state index in [0.29, 0.717) is 13.0 Å². The molecule has 1 aliphatic heterocycles. The Bertz CT molecular complexity index is 724. The maximum Gasteiger partial charge on any atom is 0.324 e. The Balaban J connectivity index is 2.29. The van der Waals surface area contributed by atoms with Crippen LogP contribution in [0.3, 0.4) is 0 Å². The zero-order valence-electron chi connectivity index (χ0n) is 13.6. The summed E-state index contributed by atoms with van der Waals surface area (Å²) in [4.78, 5) is 12.3. The molecule has 0 saturated carbocycles. The summed E-state index contributed by atoms with van der Waals surface area (Å²) in [5.41, 5.74) is 0.921. The van der Waals surface area contributed by atoms with E-state index < -0.39 is 34.1 Å². The Hall–Kier alpha value is -1.95. The van der Waals surface area contributed by atoms with E-state index in [0.717, 1.165) is 5.56 Å². The fraction of sp³-hybridized carbons (Fsp3) is 0.500. The molecular formula is C16H20N2O5S. The lowest BCUT2D eigenvalue weighted by Gasteiger charge is -2.23. The average Bonchev–Trinajstić information content (AvgIpc) is 3.01. The minimum absolute atomic E-state index is 0.0508. The van der Waals surface area contributed by atoms with E-state index >= 15 is 0 Å². The van der Waals surface area contributed by atoms with Crippen LogP contribution in [0.1, 0.15) is 18.9 Å². The van der Waals surface area contributed by atoms with Crippen LogP contribution in [-0.2, 0) is 24.3 Å². The molecule has 2 rings (SSSR count). The van der Waals surface area contributed by atoms with Crippen LogP contribution in [0.5, 0.6) is 0 Å². The largest absolute Gasteiger partial charge is 0.465 e. The molecule has 1 N–H and O–H groups in total. The molecule has 130 valence electrons. The minimum atomic E-state index is -3.92. The molecule has 0 spiro atoms. The number of nitrogens with one attached hydrogen (secondary N) is 1. The second-order valence-corrected chi connectivity index (χ2v) is 7.25. The summed E-state index contributed by atoms with van der Waals surface area (Å²) in [5.74, 6) is -1.29. The van der Waals surface area contributed by atoms with Gasteiger partial charge >= 0.3 is 5.97 Å². The third-order valence-corrected chi connectivity index (χ3v) is 5.30. The van der Waals surface area contributed by atoms with Crippen LogP contribution in [-0.4, -0.2) is 39.7 Å². The van der Waals surface area contributed by atoms with E-state index in [1.165, 1.54) is 12.1 Å². The van der Waals surface area contributed by atoms with Crippen LogP contribution < -0.4 is 4.72 Å². The van der Waals surface area contributed by atoms with E-state index in [1.807, 2.05) is 13.0 Å². The van der Waals surface area contributed by atoms with E-state index in [9.17, 15) is 13.2 Å². The van der Waals surface area contributed by atoms with Crippen LogP contribution >= 0.6 is 0 Å². The van der Waals surface area contributed by atoms with Gasteiger partial charge in [0.2, 0.25) is 10.0 Å². The molecule has 1 fully saturated rings. The number of ether oxygens (including phenoxy) is 2. The van der Waals surface area contributed by atoms with E-state index in [4.69, 9.17) is 14.7 Å². The summed E-state index contributed by atoms with van der Waals surface area (Å²) in [7, 11) is -3.92. The standard InChI is InChI=1S/C16H20N2O5S/c1-3-22-16(19)15(13-8-9-23-14(13)10-17)18-24(20,21)12-6-4-11(2)5-7-12/h4-7,13-15,18H,3,8-9H2,1-2H3/t13-,14-,15-/m1/s1. The van der Waals surface area contributed by atoms with Gasteiger partial charge < -0.3 is 9.47 Å². The highest BCUT2D eigenvalue weighted by Gasteiger charge is 2.41. The molecule has 1 aromatic rings. The van der Waals surface area contributed by atoms with Crippen LogP contribution in [0.4, 0.5) is 0 Å². The van der Waals surface area contributed by atoms with Crippen molar-refractivity contribution in [1.82, 2.24) is 4.72 Å². The molecule has 7 nitrogen and oxygen atoms in total. The van der Waals surface area contributed by atoms with Gasteiger partial charge in [-0.15, -0.1) is 0 Å². The molecule has 0 unspecified atom stereocenters. The second-order valence-electron chi connectivity index (χ2n) is 5.54. The van der Waals surface area contributed by atoms with Gasteiger partial charge in [0.25, 0.3) is 0 Å². The number of hydrogen-bond acceptors (Lipinski definition) is 6. The second kappa shape index (κ2) is 7.75. The number of nitrogens with zero attached hydrogens (tertiary/aromatic N) is 1. The molecule has 1 aromatic carbocycles. The van der Waals surface area contributed by atoms with Crippen molar-refractivity contribution in [1.29, 1.82) is 5.26 Å². The minimum Gasteiger partial charge on any atom is -0.465 e. The highest BCUT2D eigenvalue weighted by molar-refractivity contribution is 7.89. The number of carbonyl (C=O) groups excluding carboxylic acids is 1. The number of benzene rings is 1. The number of aryl methyl sites for hydroxylation is 1. The molecule has 0 aliphatic carbocycles. The highest BCUT2D eigenvalue weighted by atomic mass is 32.2. The first-order valence-corrected chi connectivity index (χ1v) is 9.14. The van der Waals surface area contributed by atoms with Crippen LogP contribution in [0.25, 0.3) is 0 Å². The lowest BCUT2D eigenvalue weighted by molar-refractivity contribution is -0.146. The Kier molecular flexibility index (Phi) is 5.94. The summed E-state index contributed by atoms with van der Waals surface area (Å²) < 4.78 is 37.8. The monoisotopic (exact) mass is 352 g/mol. The van der Waals surface area contributed by atoms with Crippen molar-refractivity contribution in [2.24, 2.45) is 5.92 Å². The zero-order chi connectivity index (χ0) is 17.7. The molecule has 3 atom stereocenters. The average molecular weight is 352 g/mol. The number of nitriles is 1. The molecule has 0 radical (unpaired) electrons. The number of rotatable bonds is 6. The van der Waals surface area contributed by atoms with Crippen molar-refractivity contribution >= 4 is 16.0 Å². The molecule has 1 saturated heterocycles. The van der Waals surface area contributed by atoms with Gasteiger partial charge in [-0.05, 0) is 32.4 Å². The van der Waals surface area contributed by atoms with Gasteiger partial charge in [0, 0.05) is 12.5 Å². The normalized spacial score (nSPS) is 21.9. The quantitative estimate of drug-likeness (QED) is 0.770. The fourth-order valence-electron chi connectivity index (χ4n) is 2.58. The maximum absolute atomic E-state index is 12.6. The number of carbonyl (C=O) groups is 1. The van der Waals surface area contributed by atoms with Crippen molar-refractivity contribution < 1.29 is 22.7 Å². The molecular weight excluding hydrogens is 332 g/mol. The Morgan fingerprint density at radius 3 is 2.71 bits per heavy atom. The number of hydrogen-bond donors (Lipinski definition) is 1. The van der Waals surface area contributed by atoms with Crippen LogP contribution in [0.15, 0.2) is 29.2 Å². The van der Waals surface area contributed by atoms with E-state index in [2.05, 4.69) is 4.72 Å². The number of esters is 1. The van der Waals surface area contributed by atoms with Gasteiger partial charge in [0.15, 0.2) is 0 Å². The van der Waals surface area contributed by atoms with Crippen LogP contribution in [0, 0.1) is 24.2 Å². The fourth-order valence-corrected chi connectivity index (χ4v) is 3.81. The summed E-state index contributed by atoms with van der Waals surface area (Å²) in [5, 5.41) is 9.14. The lowest BCUT2D eigenvalue weighted by atomic mass is 9.94. The Labute approximate surface area is 141 Å². The third kappa shape index (κ3) is 4.12. The van der Waals surface area contributed by atoms with Gasteiger partial charge in [-0.3, -0.25) is 4.79 Å². The van der Waals surface area contributed by atoms with Gasteiger partial charge in [0.1, 0.15) is 12.1 Å². The molecule has 0 aromatic heterocycles. The molecule has 1 heterocycles. The first kappa shape index (κ1) is 18.4. The Morgan fingerprint density at radius 2 is 2.12 bits per heavy atom. The van der Waals surface area contributed by atoms with Crippen molar-refractivity contribution in [3.8, 4) is 6.07 Å². The zero-order valence-corrected chi connectivity index (χ0v) is 14.4. The molecule has 0 amide bonds. The summed E-state index contributed by atoms with van der Waals surface area (Å²) in [6.45, 7) is 3.90. The van der Waals surface area contributed by atoms with Gasteiger partial charge in [-0.1, -0.05) is 17.7 Å². The van der Waals surface area contributed by atoms with Crippen molar-refractivity contribution in [3.05, 3.63) is 29.8 Å². The number of sulfonamides is 1. The Morgan fingerprint density at radius 1 is 1.46 bits per heavy atom. The van der Waals surface area contributed by atoms with Gasteiger partial charge in [-0.25, -0.2) is 8.42 Å². The highest BCUT2D eigenvalue weighted by Crippen LogP contribution is 2.26. The summed E-state index contributed by atoms with van der Waals surface area (Å²) in [6.07, 6.45) is -0.446. The summed E-state index contributed by atoms with van der Waals surface area (Å²) >= 11 is 0. The van der Waals surface area contributed by atoms with Crippen molar-refractivity contribution in [3.63, 3.8) is 0 Å². The summed E-state index contributed by atoms with van der Waals surface area (Å²) in [6, 6.07) is 7.07. The van der Waals surface area contributed by atoms with Gasteiger partial charge in [-0.2, -0.15) is 9.98 Å². The topological polar surface area (TPSA) is 105 Å². The van der Waals surface area contributed by atoms with E-state index in [-0.39, 0.29) is 11.5 Å². The molecule has 1 aliphatic rings. The third-order valence-electron chi connectivity index (χ3n) is 3.85. The molecule has 8 heteroatoms. The van der Waals surface area contributed by atoms with Crippen molar-refractivity contribution in [2.75, 3.05) is 13.2 Å². The van der Waals surface area contributed by atoms with Gasteiger partial charge in [0.05, 0.1) is 17.6 Å². The molecule has 0 bridgehead atoms. The predicted octanol–water partition coefficient (Wildman–Crippen LogP) is 1.13.